The number of fused-ring (bicyclic) bond motifs is 1. The van der Waals surface area contributed by atoms with Gasteiger partial charge in [0.25, 0.3) is 0 Å². The van der Waals surface area contributed by atoms with Crippen molar-refractivity contribution < 1.29 is 9.59 Å². The average Bonchev–Trinajstić information content (AvgIpc) is 2.60. The Morgan fingerprint density at radius 2 is 1.75 bits per heavy atom. The van der Waals surface area contributed by atoms with Gasteiger partial charge in [-0.2, -0.15) is 0 Å². The van der Waals surface area contributed by atoms with E-state index in [0.717, 1.165) is 12.8 Å². The van der Waals surface area contributed by atoms with Gasteiger partial charge in [0.05, 0.1) is 6.42 Å². The Kier molecular flexibility index (Phi) is 4.65. The molecule has 0 bridgehead atoms. The lowest BCUT2D eigenvalue weighted by molar-refractivity contribution is -0.134. The van der Waals surface area contributed by atoms with E-state index >= 15 is 0 Å². The van der Waals surface area contributed by atoms with Crippen molar-refractivity contribution in [2.75, 3.05) is 0 Å². The molecule has 0 saturated carbocycles. The van der Waals surface area contributed by atoms with Crippen molar-refractivity contribution in [3.05, 3.63) is 70.8 Å². The standard InChI is InChI=1S/C20H22N2O2/c1-2-17-11-14-7-3-4-9-16(14)13-22(17)19(23)12-15-8-5-6-10-18(15)20(21)24/h3-10,17H,2,11-13H2,1H3,(H2,21,24). The summed E-state index contributed by atoms with van der Waals surface area (Å²) in [5.41, 5.74) is 9.08. The molecule has 2 aromatic carbocycles. The molecule has 124 valence electrons. The lowest BCUT2D eigenvalue weighted by Gasteiger charge is -2.36. The van der Waals surface area contributed by atoms with Crippen molar-refractivity contribution >= 4 is 11.8 Å². The molecule has 0 radical (unpaired) electrons. The maximum Gasteiger partial charge on any atom is 0.248 e. The third-order valence-corrected chi connectivity index (χ3v) is 4.77. The Morgan fingerprint density at radius 1 is 1.08 bits per heavy atom. The fourth-order valence-electron chi connectivity index (χ4n) is 3.42. The first kappa shape index (κ1) is 16.2. The second-order valence-corrected chi connectivity index (χ2v) is 6.25. The summed E-state index contributed by atoms with van der Waals surface area (Å²) < 4.78 is 0. The smallest absolute Gasteiger partial charge is 0.248 e. The fraction of sp³-hybridized carbons (Fsp3) is 0.300. The molecule has 0 spiro atoms. The van der Waals surface area contributed by atoms with Crippen LogP contribution in [0.2, 0.25) is 0 Å². The SMILES string of the molecule is CCC1Cc2ccccc2CN1C(=O)Cc1ccccc1C(N)=O. The summed E-state index contributed by atoms with van der Waals surface area (Å²) in [5.74, 6) is -0.445. The molecule has 1 heterocycles. The van der Waals surface area contributed by atoms with E-state index in [9.17, 15) is 9.59 Å². The highest BCUT2D eigenvalue weighted by Crippen LogP contribution is 2.26. The topological polar surface area (TPSA) is 63.4 Å². The molecule has 2 aromatic rings. The van der Waals surface area contributed by atoms with E-state index in [1.807, 2.05) is 23.1 Å². The van der Waals surface area contributed by atoms with Crippen LogP contribution in [-0.4, -0.2) is 22.8 Å². The van der Waals surface area contributed by atoms with Gasteiger partial charge in [-0.05, 0) is 35.6 Å². The van der Waals surface area contributed by atoms with Gasteiger partial charge in [0.15, 0.2) is 0 Å². The van der Waals surface area contributed by atoms with Crippen molar-refractivity contribution in [2.24, 2.45) is 5.73 Å². The molecule has 2 N–H and O–H groups in total. The molecule has 0 aliphatic carbocycles. The molecule has 1 aliphatic rings. The van der Waals surface area contributed by atoms with Crippen LogP contribution in [0.3, 0.4) is 0 Å². The Bertz CT molecular complexity index is 770. The van der Waals surface area contributed by atoms with Crippen LogP contribution in [0.15, 0.2) is 48.5 Å². The molecular formula is C20H22N2O2. The predicted molar refractivity (Wildman–Crippen MR) is 93.4 cm³/mol. The monoisotopic (exact) mass is 322 g/mol. The maximum atomic E-state index is 12.9. The Labute approximate surface area is 142 Å². The Hall–Kier alpha value is -2.62. The summed E-state index contributed by atoms with van der Waals surface area (Å²) in [6, 6.07) is 15.6. The van der Waals surface area contributed by atoms with Gasteiger partial charge >= 0.3 is 0 Å². The number of hydrogen-bond acceptors (Lipinski definition) is 2. The minimum Gasteiger partial charge on any atom is -0.366 e. The first-order valence-corrected chi connectivity index (χ1v) is 8.34. The molecule has 4 heteroatoms. The number of nitrogens with two attached hydrogens (primary N) is 1. The third-order valence-electron chi connectivity index (χ3n) is 4.77. The van der Waals surface area contributed by atoms with E-state index in [2.05, 4.69) is 19.1 Å². The molecule has 4 nitrogen and oxygen atoms in total. The predicted octanol–water partition coefficient (Wildman–Crippen LogP) is 2.69. The van der Waals surface area contributed by atoms with Gasteiger partial charge in [-0.25, -0.2) is 0 Å². The minimum atomic E-state index is -0.491. The lowest BCUT2D eigenvalue weighted by atomic mass is 9.92. The van der Waals surface area contributed by atoms with E-state index < -0.39 is 5.91 Å². The van der Waals surface area contributed by atoms with Crippen LogP contribution in [0.25, 0.3) is 0 Å². The number of carbonyl (C=O) groups excluding carboxylic acids is 2. The van der Waals surface area contributed by atoms with Crippen molar-refractivity contribution in [3.8, 4) is 0 Å². The molecule has 3 rings (SSSR count). The number of primary amides is 1. The summed E-state index contributed by atoms with van der Waals surface area (Å²) in [6.45, 7) is 2.74. The number of nitrogens with zero attached hydrogens (tertiary/aromatic N) is 1. The lowest BCUT2D eigenvalue weighted by Crippen LogP contribution is -2.44. The first-order chi connectivity index (χ1) is 11.6. The Morgan fingerprint density at radius 3 is 2.46 bits per heavy atom. The zero-order valence-electron chi connectivity index (χ0n) is 13.9. The molecule has 0 fully saturated rings. The highest BCUT2D eigenvalue weighted by molar-refractivity contribution is 5.95. The molecule has 0 aromatic heterocycles. The average molecular weight is 322 g/mol. The maximum absolute atomic E-state index is 12.9. The number of rotatable bonds is 4. The highest BCUT2D eigenvalue weighted by Gasteiger charge is 2.28. The van der Waals surface area contributed by atoms with Gasteiger partial charge in [0, 0.05) is 18.2 Å². The fourth-order valence-corrected chi connectivity index (χ4v) is 3.42. The third kappa shape index (κ3) is 3.18. The molecule has 1 atom stereocenters. The van der Waals surface area contributed by atoms with Gasteiger partial charge in [-0.15, -0.1) is 0 Å². The molecule has 24 heavy (non-hydrogen) atoms. The quantitative estimate of drug-likeness (QED) is 0.940. The zero-order valence-corrected chi connectivity index (χ0v) is 13.9. The second-order valence-electron chi connectivity index (χ2n) is 6.25. The normalized spacial score (nSPS) is 16.5. The number of benzene rings is 2. The van der Waals surface area contributed by atoms with Crippen molar-refractivity contribution in [1.29, 1.82) is 0 Å². The van der Waals surface area contributed by atoms with Gasteiger partial charge in [-0.3, -0.25) is 9.59 Å². The number of carbonyl (C=O) groups is 2. The van der Waals surface area contributed by atoms with E-state index in [4.69, 9.17) is 5.73 Å². The minimum absolute atomic E-state index is 0.0463. The molecular weight excluding hydrogens is 300 g/mol. The molecule has 0 saturated heterocycles. The summed E-state index contributed by atoms with van der Waals surface area (Å²) >= 11 is 0. The largest absolute Gasteiger partial charge is 0.366 e. The van der Waals surface area contributed by atoms with Gasteiger partial charge in [0.2, 0.25) is 11.8 Å². The van der Waals surface area contributed by atoms with Gasteiger partial charge in [0.1, 0.15) is 0 Å². The van der Waals surface area contributed by atoms with Crippen LogP contribution in [0, 0.1) is 0 Å². The van der Waals surface area contributed by atoms with Gasteiger partial charge in [-0.1, -0.05) is 49.4 Å². The van der Waals surface area contributed by atoms with Crippen LogP contribution >= 0.6 is 0 Å². The Balaban J connectivity index is 1.83. The van der Waals surface area contributed by atoms with Crippen molar-refractivity contribution in [1.82, 2.24) is 4.90 Å². The number of hydrogen-bond donors (Lipinski definition) is 1. The van der Waals surface area contributed by atoms with Crippen LogP contribution in [0.5, 0.6) is 0 Å². The van der Waals surface area contributed by atoms with E-state index in [-0.39, 0.29) is 18.4 Å². The van der Waals surface area contributed by atoms with Crippen LogP contribution in [0.1, 0.15) is 40.4 Å². The summed E-state index contributed by atoms with van der Waals surface area (Å²) in [5, 5.41) is 0. The molecule has 2 amide bonds. The van der Waals surface area contributed by atoms with Crippen molar-refractivity contribution in [2.45, 2.75) is 38.8 Å². The highest BCUT2D eigenvalue weighted by atomic mass is 16.2. The van der Waals surface area contributed by atoms with E-state index in [1.165, 1.54) is 11.1 Å². The zero-order chi connectivity index (χ0) is 17.1. The van der Waals surface area contributed by atoms with Crippen molar-refractivity contribution in [3.63, 3.8) is 0 Å². The molecule has 1 unspecified atom stereocenters. The van der Waals surface area contributed by atoms with Gasteiger partial charge < -0.3 is 10.6 Å². The van der Waals surface area contributed by atoms with E-state index in [0.29, 0.717) is 17.7 Å². The number of amides is 2. The summed E-state index contributed by atoms with van der Waals surface area (Å²) in [4.78, 5) is 26.4. The second kappa shape index (κ2) is 6.87. The van der Waals surface area contributed by atoms with Crippen LogP contribution in [-0.2, 0) is 24.2 Å². The summed E-state index contributed by atoms with van der Waals surface area (Å²) in [7, 11) is 0. The summed E-state index contributed by atoms with van der Waals surface area (Å²) in [6.07, 6.45) is 2.01. The first-order valence-electron chi connectivity index (χ1n) is 8.34. The van der Waals surface area contributed by atoms with Crippen LogP contribution < -0.4 is 5.73 Å². The molecule has 1 aliphatic heterocycles. The van der Waals surface area contributed by atoms with Crippen LogP contribution in [0.4, 0.5) is 0 Å². The van der Waals surface area contributed by atoms with E-state index in [1.54, 1.807) is 18.2 Å².